The first-order valence-corrected chi connectivity index (χ1v) is 13.0. The lowest BCUT2D eigenvalue weighted by atomic mass is 9.97. The molecule has 36 heavy (non-hydrogen) atoms. The van der Waals surface area contributed by atoms with Crippen molar-refractivity contribution in [1.82, 2.24) is 9.47 Å². The van der Waals surface area contributed by atoms with Crippen molar-refractivity contribution in [3.8, 4) is 17.6 Å². The van der Waals surface area contributed by atoms with Crippen molar-refractivity contribution in [1.29, 1.82) is 5.26 Å². The highest BCUT2D eigenvalue weighted by Gasteiger charge is 2.34. The molecule has 2 aromatic rings. The molecular formula is C26H26N4O4S2. The normalized spacial score (nSPS) is 18.9. The maximum Gasteiger partial charge on any atom is 0.270 e. The summed E-state index contributed by atoms with van der Waals surface area (Å²) >= 11 is 6.80. The van der Waals surface area contributed by atoms with Crippen LogP contribution in [-0.2, 0) is 18.4 Å². The number of fused-ring (bicyclic) bond motifs is 1. The molecule has 1 amide bonds. The van der Waals surface area contributed by atoms with E-state index in [-0.39, 0.29) is 23.8 Å². The summed E-state index contributed by atoms with van der Waals surface area (Å²) in [5.41, 5.74) is 1.94. The largest absolute Gasteiger partial charge is 0.454 e. The molecule has 10 heteroatoms. The van der Waals surface area contributed by atoms with Crippen LogP contribution in [0.1, 0.15) is 42.0 Å². The topological polar surface area (TPSA) is 87.8 Å². The number of carbonyl (C=O) groups is 1. The van der Waals surface area contributed by atoms with Gasteiger partial charge in [-0.25, -0.2) is 0 Å². The molecule has 2 fully saturated rings. The summed E-state index contributed by atoms with van der Waals surface area (Å²) < 4.78 is 12.8. The molecule has 0 bridgehead atoms. The van der Waals surface area contributed by atoms with Crippen molar-refractivity contribution in [2.45, 2.75) is 33.2 Å². The fourth-order valence-corrected chi connectivity index (χ4v) is 6.04. The minimum Gasteiger partial charge on any atom is -0.454 e. The highest BCUT2D eigenvalue weighted by Crippen LogP contribution is 2.38. The van der Waals surface area contributed by atoms with E-state index in [1.54, 1.807) is 29.5 Å². The molecule has 1 aromatic carbocycles. The quantitative estimate of drug-likeness (QED) is 0.441. The number of hydrogen-bond acceptors (Lipinski definition) is 8. The zero-order chi connectivity index (χ0) is 25.6. The molecule has 8 nitrogen and oxygen atoms in total. The average molecular weight is 523 g/mol. The molecule has 186 valence electrons. The smallest absolute Gasteiger partial charge is 0.270 e. The number of thioether (sulfide) groups is 1. The average Bonchev–Trinajstić information content (AvgIpc) is 3.43. The summed E-state index contributed by atoms with van der Waals surface area (Å²) in [6.45, 7) is 6.12. The van der Waals surface area contributed by atoms with Crippen LogP contribution < -0.4 is 19.9 Å². The second-order valence-corrected chi connectivity index (χ2v) is 11.0. The molecule has 0 spiro atoms. The first kappa shape index (κ1) is 24.4. The van der Waals surface area contributed by atoms with E-state index < -0.39 is 0 Å². The number of thiocarbonyl (C=S) groups is 1. The Hall–Kier alpha value is -3.29. The third-order valence-corrected chi connectivity index (χ3v) is 8.36. The zero-order valence-corrected chi connectivity index (χ0v) is 22.0. The number of anilines is 1. The first-order chi connectivity index (χ1) is 17.3. The summed E-state index contributed by atoms with van der Waals surface area (Å²) in [4.78, 5) is 30.6. The summed E-state index contributed by atoms with van der Waals surface area (Å²) in [7, 11) is 1.69. The van der Waals surface area contributed by atoms with E-state index in [4.69, 9.17) is 21.7 Å². The molecule has 4 heterocycles. The van der Waals surface area contributed by atoms with Crippen molar-refractivity contribution in [3.63, 3.8) is 0 Å². The van der Waals surface area contributed by atoms with Crippen molar-refractivity contribution >= 4 is 46.1 Å². The lowest BCUT2D eigenvalue weighted by Gasteiger charge is -2.34. The Morgan fingerprint density at radius 1 is 1.22 bits per heavy atom. The van der Waals surface area contributed by atoms with Crippen LogP contribution in [0.15, 0.2) is 27.9 Å². The Labute approximate surface area is 219 Å². The molecule has 3 aliphatic heterocycles. The molecule has 0 atom stereocenters. The summed E-state index contributed by atoms with van der Waals surface area (Å²) in [6.07, 6.45) is 3.83. The molecule has 0 unspecified atom stereocenters. The van der Waals surface area contributed by atoms with Gasteiger partial charge in [0.25, 0.3) is 11.5 Å². The molecule has 2 saturated heterocycles. The van der Waals surface area contributed by atoms with Gasteiger partial charge >= 0.3 is 0 Å². The monoisotopic (exact) mass is 522 g/mol. The fraction of sp³-hybridized carbons (Fsp3) is 0.385. The summed E-state index contributed by atoms with van der Waals surface area (Å²) in [5.74, 6) is 2.49. The third-order valence-electron chi connectivity index (χ3n) is 6.98. The SMILES string of the molecule is Cc1c(/C=C2\SC(=S)N(Cc3ccc4c(c3)OCO4)C2=O)c(N2CCC(C)CC2)n(C)c(=O)c1C#N. The second-order valence-electron chi connectivity index (χ2n) is 9.34. The Morgan fingerprint density at radius 3 is 2.67 bits per heavy atom. The number of ether oxygens (including phenoxy) is 2. The maximum absolute atomic E-state index is 13.5. The number of piperidine rings is 1. The highest BCUT2D eigenvalue weighted by molar-refractivity contribution is 8.26. The van der Waals surface area contributed by atoms with Gasteiger partial charge in [-0.1, -0.05) is 37.0 Å². The Morgan fingerprint density at radius 2 is 1.94 bits per heavy atom. The van der Waals surface area contributed by atoms with Crippen molar-refractivity contribution < 1.29 is 14.3 Å². The number of rotatable bonds is 4. The number of amides is 1. The van der Waals surface area contributed by atoms with Gasteiger partial charge in [-0.2, -0.15) is 5.26 Å². The second kappa shape index (κ2) is 9.64. The van der Waals surface area contributed by atoms with E-state index in [9.17, 15) is 14.9 Å². The van der Waals surface area contributed by atoms with E-state index in [2.05, 4.69) is 17.9 Å². The third kappa shape index (κ3) is 4.27. The van der Waals surface area contributed by atoms with Crippen LogP contribution in [0.4, 0.5) is 5.82 Å². The number of benzene rings is 1. The van der Waals surface area contributed by atoms with Crippen molar-refractivity contribution in [2.75, 3.05) is 24.8 Å². The van der Waals surface area contributed by atoms with Crippen LogP contribution >= 0.6 is 24.0 Å². The number of nitriles is 1. The Kier molecular flexibility index (Phi) is 6.53. The lowest BCUT2D eigenvalue weighted by molar-refractivity contribution is -0.122. The Bertz CT molecular complexity index is 1400. The van der Waals surface area contributed by atoms with Gasteiger partial charge in [-0.3, -0.25) is 19.1 Å². The number of hydrogen-bond donors (Lipinski definition) is 0. The van der Waals surface area contributed by atoms with Gasteiger partial charge in [0, 0.05) is 25.7 Å². The van der Waals surface area contributed by atoms with Gasteiger partial charge < -0.3 is 14.4 Å². The van der Waals surface area contributed by atoms with Gasteiger partial charge in [0.05, 0.1) is 11.4 Å². The van der Waals surface area contributed by atoms with Crippen LogP contribution in [0, 0.1) is 24.2 Å². The van der Waals surface area contributed by atoms with Crippen molar-refractivity contribution in [3.05, 3.63) is 55.7 Å². The zero-order valence-electron chi connectivity index (χ0n) is 20.4. The molecule has 1 aromatic heterocycles. The summed E-state index contributed by atoms with van der Waals surface area (Å²) in [6, 6.07) is 7.63. The van der Waals surface area contributed by atoms with Gasteiger partial charge in [0.1, 0.15) is 21.8 Å². The predicted molar refractivity (Wildman–Crippen MR) is 143 cm³/mol. The molecule has 5 rings (SSSR count). The van der Waals surface area contributed by atoms with Gasteiger partial charge in [0.15, 0.2) is 11.5 Å². The number of carbonyl (C=O) groups excluding carboxylic acids is 1. The fourth-order valence-electron chi connectivity index (χ4n) is 4.80. The van der Waals surface area contributed by atoms with Crippen molar-refractivity contribution in [2.24, 2.45) is 13.0 Å². The molecule has 0 saturated carbocycles. The molecule has 0 N–H and O–H groups in total. The van der Waals surface area contributed by atoms with Crippen LogP contribution in [0.5, 0.6) is 11.5 Å². The minimum absolute atomic E-state index is 0.0914. The van der Waals surface area contributed by atoms with Crippen LogP contribution in [-0.4, -0.2) is 39.6 Å². The van der Waals surface area contributed by atoms with E-state index in [0.29, 0.717) is 44.3 Å². The van der Waals surface area contributed by atoms with Crippen LogP contribution in [0.2, 0.25) is 0 Å². The summed E-state index contributed by atoms with van der Waals surface area (Å²) in [5, 5.41) is 9.69. The van der Waals surface area contributed by atoms with Crippen LogP contribution in [0.25, 0.3) is 6.08 Å². The minimum atomic E-state index is -0.323. The molecule has 0 radical (unpaired) electrons. The molecule has 0 aliphatic carbocycles. The highest BCUT2D eigenvalue weighted by atomic mass is 32.2. The van der Waals surface area contributed by atoms with Gasteiger partial charge in [-0.05, 0) is 55.0 Å². The van der Waals surface area contributed by atoms with E-state index in [1.807, 2.05) is 18.2 Å². The molecule has 3 aliphatic rings. The van der Waals surface area contributed by atoms with E-state index >= 15 is 0 Å². The molecular weight excluding hydrogens is 496 g/mol. The lowest BCUT2D eigenvalue weighted by Crippen LogP contribution is -2.38. The number of aromatic nitrogens is 1. The van der Waals surface area contributed by atoms with Gasteiger partial charge in [0.2, 0.25) is 6.79 Å². The standard InChI is InChI=1S/C26H26N4O4S2/c1-15-6-8-29(9-7-15)23-18(16(2)19(12-27)24(31)28(23)3)11-22-25(32)30(26(35)36-22)13-17-4-5-20-21(10-17)34-14-33-20/h4-5,10-11,15H,6-9,13-14H2,1-3H3/b22-11-. The number of nitrogens with zero attached hydrogens (tertiary/aromatic N) is 4. The van der Waals surface area contributed by atoms with Gasteiger partial charge in [-0.15, -0.1) is 0 Å². The maximum atomic E-state index is 13.5. The predicted octanol–water partition coefficient (Wildman–Crippen LogP) is 3.93. The first-order valence-electron chi connectivity index (χ1n) is 11.8. The Balaban J connectivity index is 1.51. The van der Waals surface area contributed by atoms with E-state index in [1.165, 1.54) is 11.8 Å². The van der Waals surface area contributed by atoms with E-state index in [0.717, 1.165) is 37.3 Å². The number of pyridine rings is 1. The van der Waals surface area contributed by atoms with Crippen LogP contribution in [0.3, 0.4) is 0 Å².